The number of anilines is 2. The van der Waals surface area contributed by atoms with E-state index in [9.17, 15) is 26.4 Å². The van der Waals surface area contributed by atoms with E-state index in [0.29, 0.717) is 11.4 Å². The molecule has 1 fully saturated rings. The zero-order valence-corrected chi connectivity index (χ0v) is 22.9. The number of alkyl halides is 3. The van der Waals surface area contributed by atoms with Crippen LogP contribution in [-0.2, 0) is 21.0 Å². The van der Waals surface area contributed by atoms with Gasteiger partial charge in [-0.15, -0.1) is 0 Å². The van der Waals surface area contributed by atoms with Crippen molar-refractivity contribution in [3.05, 3.63) is 138 Å². The molecular weight excluding hydrogens is 549 g/mol. The normalized spacial score (nSPS) is 17.9. The van der Waals surface area contributed by atoms with Crippen LogP contribution in [0.4, 0.5) is 24.5 Å². The number of benzene rings is 4. The second-order valence-electron chi connectivity index (χ2n) is 9.87. The van der Waals surface area contributed by atoms with E-state index < -0.39 is 39.6 Å². The molecule has 1 aliphatic heterocycles. The highest BCUT2D eigenvalue weighted by atomic mass is 32.2. The van der Waals surface area contributed by atoms with Gasteiger partial charge in [-0.3, -0.25) is 9.69 Å². The van der Waals surface area contributed by atoms with E-state index in [0.717, 1.165) is 15.9 Å². The van der Waals surface area contributed by atoms with Crippen LogP contribution in [-0.4, -0.2) is 25.2 Å². The lowest BCUT2D eigenvalue weighted by atomic mass is 9.87. The van der Waals surface area contributed by atoms with Crippen molar-refractivity contribution in [3.8, 4) is 0 Å². The standard InChI is InChI=1S/C32H27F3N2O3S/c1-22-17-19-26(20-18-22)41(39,40)36-21-23(2)29(30(36)27-15-9-10-16-28(27)32(33,34)35)31(38)37(24-11-5-3-6-12-24)25-13-7-4-8-14-25/h3-20,29-30H,2,21H2,1H3/t29-,30+/m0/s1. The van der Waals surface area contributed by atoms with Crippen molar-refractivity contribution in [1.82, 2.24) is 4.31 Å². The van der Waals surface area contributed by atoms with E-state index in [1.807, 2.05) is 0 Å². The van der Waals surface area contributed by atoms with Gasteiger partial charge in [0.15, 0.2) is 0 Å². The Labute approximate surface area is 237 Å². The summed E-state index contributed by atoms with van der Waals surface area (Å²) in [6.45, 7) is 5.51. The van der Waals surface area contributed by atoms with E-state index in [4.69, 9.17) is 0 Å². The Morgan fingerprint density at radius 1 is 0.829 bits per heavy atom. The van der Waals surface area contributed by atoms with Crippen molar-refractivity contribution in [1.29, 1.82) is 0 Å². The van der Waals surface area contributed by atoms with Crippen molar-refractivity contribution in [2.45, 2.75) is 24.0 Å². The van der Waals surface area contributed by atoms with Gasteiger partial charge >= 0.3 is 6.18 Å². The summed E-state index contributed by atoms with van der Waals surface area (Å²) < 4.78 is 71.9. The molecule has 5 nitrogen and oxygen atoms in total. The van der Waals surface area contributed by atoms with Crippen LogP contribution in [0.2, 0.25) is 0 Å². The van der Waals surface area contributed by atoms with Crippen LogP contribution in [0, 0.1) is 12.8 Å². The molecule has 4 aromatic rings. The molecule has 0 N–H and O–H groups in total. The molecule has 0 spiro atoms. The van der Waals surface area contributed by atoms with Gasteiger partial charge < -0.3 is 0 Å². The Morgan fingerprint density at radius 2 is 1.34 bits per heavy atom. The Hall–Kier alpha value is -4.21. The fourth-order valence-electron chi connectivity index (χ4n) is 5.22. The molecule has 1 aliphatic rings. The molecule has 0 bridgehead atoms. The molecule has 5 rings (SSSR count). The molecular formula is C32H27F3N2O3S. The van der Waals surface area contributed by atoms with Gasteiger partial charge in [0.05, 0.1) is 22.4 Å². The van der Waals surface area contributed by atoms with Crippen LogP contribution in [0.1, 0.15) is 22.7 Å². The van der Waals surface area contributed by atoms with Crippen molar-refractivity contribution in [3.63, 3.8) is 0 Å². The highest BCUT2D eigenvalue weighted by molar-refractivity contribution is 7.89. The van der Waals surface area contributed by atoms with E-state index >= 15 is 0 Å². The predicted molar refractivity (Wildman–Crippen MR) is 152 cm³/mol. The molecule has 1 saturated heterocycles. The highest BCUT2D eigenvalue weighted by Gasteiger charge is 2.51. The first-order chi connectivity index (χ1) is 19.5. The Morgan fingerprint density at radius 3 is 1.88 bits per heavy atom. The summed E-state index contributed by atoms with van der Waals surface area (Å²) in [5.74, 6) is -1.89. The Kier molecular flexibility index (Phi) is 7.59. The van der Waals surface area contributed by atoms with Crippen LogP contribution in [0.15, 0.2) is 126 Å². The molecule has 4 aromatic carbocycles. The number of halogens is 3. The van der Waals surface area contributed by atoms with Gasteiger partial charge in [0.1, 0.15) is 0 Å². The molecule has 9 heteroatoms. The maximum Gasteiger partial charge on any atom is 0.416 e. The number of hydrogen-bond acceptors (Lipinski definition) is 3. The van der Waals surface area contributed by atoms with Crippen LogP contribution < -0.4 is 4.90 Å². The number of carbonyl (C=O) groups excluding carboxylic acids is 1. The lowest BCUT2D eigenvalue weighted by Gasteiger charge is -2.32. The van der Waals surface area contributed by atoms with Gasteiger partial charge in [0.2, 0.25) is 15.9 Å². The van der Waals surface area contributed by atoms with E-state index in [1.54, 1.807) is 79.7 Å². The molecule has 0 saturated carbocycles. The summed E-state index contributed by atoms with van der Waals surface area (Å²) in [7, 11) is -4.33. The number of hydrogen-bond donors (Lipinski definition) is 0. The second kappa shape index (κ2) is 11.0. The molecule has 0 radical (unpaired) electrons. The molecule has 41 heavy (non-hydrogen) atoms. The highest BCUT2D eigenvalue weighted by Crippen LogP contribution is 2.48. The Bertz CT molecular complexity index is 1630. The molecule has 0 unspecified atom stereocenters. The van der Waals surface area contributed by atoms with Crippen molar-refractivity contribution < 1.29 is 26.4 Å². The summed E-state index contributed by atoms with van der Waals surface area (Å²) in [5.41, 5.74) is 0.674. The lowest BCUT2D eigenvalue weighted by Crippen LogP contribution is -2.39. The predicted octanol–water partition coefficient (Wildman–Crippen LogP) is 7.30. The van der Waals surface area contributed by atoms with Crippen molar-refractivity contribution in [2.75, 3.05) is 11.4 Å². The number of carbonyl (C=O) groups is 1. The summed E-state index contributed by atoms with van der Waals surface area (Å²) in [5, 5.41) is 0. The number of aryl methyl sites for hydroxylation is 1. The third kappa shape index (κ3) is 5.42. The van der Waals surface area contributed by atoms with Crippen LogP contribution in [0.25, 0.3) is 0 Å². The van der Waals surface area contributed by atoms with Gasteiger partial charge in [-0.1, -0.05) is 78.9 Å². The number of amides is 1. The number of para-hydroxylation sites is 2. The minimum Gasteiger partial charge on any atom is -0.280 e. The first-order valence-electron chi connectivity index (χ1n) is 12.9. The number of nitrogens with zero attached hydrogens (tertiary/aromatic N) is 2. The molecule has 2 atom stereocenters. The smallest absolute Gasteiger partial charge is 0.280 e. The monoisotopic (exact) mass is 576 g/mol. The minimum absolute atomic E-state index is 0.0820. The second-order valence-corrected chi connectivity index (χ2v) is 11.8. The third-order valence-corrected chi connectivity index (χ3v) is 8.99. The Balaban J connectivity index is 1.71. The zero-order chi connectivity index (χ0) is 29.4. The maximum absolute atomic E-state index is 14.5. The zero-order valence-electron chi connectivity index (χ0n) is 22.1. The van der Waals surface area contributed by atoms with Crippen LogP contribution in [0.3, 0.4) is 0 Å². The SMILES string of the molecule is C=C1CN(S(=O)(=O)c2ccc(C)cc2)[C@H](c2ccccc2C(F)(F)F)[C@H]1C(=O)N(c1ccccc1)c1ccccc1. The van der Waals surface area contributed by atoms with Gasteiger partial charge in [-0.05, 0) is 60.5 Å². The van der Waals surface area contributed by atoms with Gasteiger partial charge in [0, 0.05) is 17.9 Å². The van der Waals surface area contributed by atoms with Crippen molar-refractivity contribution in [2.24, 2.45) is 5.92 Å². The molecule has 0 aromatic heterocycles. The van der Waals surface area contributed by atoms with E-state index in [1.165, 1.54) is 35.2 Å². The average molecular weight is 577 g/mol. The quantitative estimate of drug-likeness (QED) is 0.227. The van der Waals surface area contributed by atoms with Gasteiger partial charge in [-0.25, -0.2) is 8.42 Å². The number of sulfonamides is 1. The fraction of sp³-hybridized carbons (Fsp3) is 0.156. The van der Waals surface area contributed by atoms with E-state index in [-0.39, 0.29) is 22.6 Å². The van der Waals surface area contributed by atoms with Gasteiger partial charge in [-0.2, -0.15) is 17.5 Å². The van der Waals surface area contributed by atoms with Crippen LogP contribution >= 0.6 is 0 Å². The summed E-state index contributed by atoms with van der Waals surface area (Å²) in [6.07, 6.45) is -4.79. The molecule has 210 valence electrons. The first-order valence-corrected chi connectivity index (χ1v) is 14.3. The lowest BCUT2D eigenvalue weighted by molar-refractivity contribution is -0.139. The third-order valence-electron chi connectivity index (χ3n) is 7.15. The maximum atomic E-state index is 14.5. The van der Waals surface area contributed by atoms with E-state index in [2.05, 4.69) is 6.58 Å². The molecule has 1 heterocycles. The first kappa shape index (κ1) is 28.3. The number of rotatable bonds is 6. The average Bonchev–Trinajstić information content (AvgIpc) is 3.32. The summed E-state index contributed by atoms with van der Waals surface area (Å²) >= 11 is 0. The minimum atomic E-state index is -4.79. The summed E-state index contributed by atoms with van der Waals surface area (Å²) in [4.78, 5) is 15.8. The van der Waals surface area contributed by atoms with Crippen molar-refractivity contribution >= 4 is 27.3 Å². The summed E-state index contributed by atoms with van der Waals surface area (Å²) in [6, 6.07) is 26.7. The van der Waals surface area contributed by atoms with Crippen LogP contribution in [0.5, 0.6) is 0 Å². The topological polar surface area (TPSA) is 57.7 Å². The fourth-order valence-corrected chi connectivity index (χ4v) is 6.84. The largest absolute Gasteiger partial charge is 0.416 e. The van der Waals surface area contributed by atoms with Gasteiger partial charge in [0.25, 0.3) is 0 Å². The molecule has 0 aliphatic carbocycles. The molecule has 1 amide bonds.